The SMILES string of the molecule is COCCCNC(=O)CN1CCCCC1c1nc2ccccc2s1. The molecule has 1 atom stereocenters. The summed E-state index contributed by atoms with van der Waals surface area (Å²) in [4.78, 5) is 19.3. The third-order valence-electron chi connectivity index (χ3n) is 4.40. The van der Waals surface area contributed by atoms with Crippen LogP contribution in [0.1, 0.15) is 36.7 Å². The molecule has 1 aliphatic rings. The van der Waals surface area contributed by atoms with Crippen LogP contribution in [0.3, 0.4) is 0 Å². The maximum Gasteiger partial charge on any atom is 0.234 e. The molecule has 1 aromatic carbocycles. The molecule has 0 bridgehead atoms. The third kappa shape index (κ3) is 4.32. The summed E-state index contributed by atoms with van der Waals surface area (Å²) in [7, 11) is 1.68. The number of ether oxygens (including phenoxy) is 1. The van der Waals surface area contributed by atoms with Crippen LogP contribution >= 0.6 is 11.3 Å². The highest BCUT2D eigenvalue weighted by atomic mass is 32.1. The van der Waals surface area contributed by atoms with Gasteiger partial charge in [0.15, 0.2) is 0 Å². The van der Waals surface area contributed by atoms with E-state index in [-0.39, 0.29) is 11.9 Å². The fraction of sp³-hybridized carbons (Fsp3) is 0.556. The summed E-state index contributed by atoms with van der Waals surface area (Å²) in [6.07, 6.45) is 4.28. The van der Waals surface area contributed by atoms with Crippen LogP contribution in [0.2, 0.25) is 0 Å². The first kappa shape index (κ1) is 17.3. The number of hydrogen-bond donors (Lipinski definition) is 1. The van der Waals surface area contributed by atoms with Gasteiger partial charge in [-0.1, -0.05) is 18.6 Å². The normalized spacial score (nSPS) is 18.8. The van der Waals surface area contributed by atoms with Crippen LogP contribution in [0.5, 0.6) is 0 Å². The van der Waals surface area contributed by atoms with E-state index in [9.17, 15) is 4.79 Å². The molecule has 0 spiro atoms. The van der Waals surface area contributed by atoms with Gasteiger partial charge in [-0.3, -0.25) is 9.69 Å². The van der Waals surface area contributed by atoms with Crippen molar-refractivity contribution in [3.8, 4) is 0 Å². The van der Waals surface area contributed by atoms with Gasteiger partial charge in [0.25, 0.3) is 0 Å². The van der Waals surface area contributed by atoms with Crippen molar-refractivity contribution in [3.63, 3.8) is 0 Å². The molecule has 1 saturated heterocycles. The number of thiazole rings is 1. The quantitative estimate of drug-likeness (QED) is 0.783. The molecule has 1 amide bonds. The Labute approximate surface area is 147 Å². The fourth-order valence-electron chi connectivity index (χ4n) is 3.18. The van der Waals surface area contributed by atoms with E-state index < -0.39 is 0 Å². The molecule has 5 nitrogen and oxygen atoms in total. The first-order valence-electron chi connectivity index (χ1n) is 8.63. The molecule has 1 aromatic heterocycles. The number of piperidine rings is 1. The van der Waals surface area contributed by atoms with E-state index in [1.165, 1.54) is 11.1 Å². The first-order valence-corrected chi connectivity index (χ1v) is 9.45. The number of fused-ring (bicyclic) bond motifs is 1. The standard InChI is InChI=1S/C18H25N3O2S/c1-23-12-6-10-19-17(22)13-21-11-5-4-8-15(21)18-20-14-7-2-3-9-16(14)24-18/h2-3,7,9,15H,4-6,8,10-13H2,1H3,(H,19,22). The molecule has 2 aromatic rings. The van der Waals surface area contributed by atoms with Crippen molar-refractivity contribution in [1.82, 2.24) is 15.2 Å². The number of rotatable bonds is 7. The van der Waals surface area contributed by atoms with E-state index in [0.29, 0.717) is 19.7 Å². The smallest absolute Gasteiger partial charge is 0.234 e. The third-order valence-corrected chi connectivity index (χ3v) is 5.54. The van der Waals surface area contributed by atoms with Crippen LogP contribution < -0.4 is 5.32 Å². The van der Waals surface area contributed by atoms with Gasteiger partial charge in [-0.25, -0.2) is 4.98 Å². The van der Waals surface area contributed by atoms with Crippen LogP contribution in [0, 0.1) is 0 Å². The molecule has 1 unspecified atom stereocenters. The minimum atomic E-state index is 0.0964. The molecule has 1 fully saturated rings. The van der Waals surface area contributed by atoms with Crippen LogP contribution in [0.15, 0.2) is 24.3 Å². The van der Waals surface area contributed by atoms with Gasteiger partial charge < -0.3 is 10.1 Å². The Hall–Kier alpha value is -1.50. The van der Waals surface area contributed by atoms with E-state index in [2.05, 4.69) is 28.4 Å². The Balaban J connectivity index is 1.63. The monoisotopic (exact) mass is 347 g/mol. The highest BCUT2D eigenvalue weighted by Gasteiger charge is 2.28. The molecule has 3 rings (SSSR count). The molecule has 2 heterocycles. The summed E-state index contributed by atoms with van der Waals surface area (Å²) in [5, 5.41) is 4.13. The molecule has 1 aliphatic heterocycles. The first-order chi connectivity index (χ1) is 11.8. The van der Waals surface area contributed by atoms with Gasteiger partial charge in [0.1, 0.15) is 5.01 Å². The molecule has 1 N–H and O–H groups in total. The minimum Gasteiger partial charge on any atom is -0.385 e. The number of likely N-dealkylation sites (tertiary alicyclic amines) is 1. The average Bonchev–Trinajstić information content (AvgIpc) is 3.03. The second-order valence-corrected chi connectivity index (χ2v) is 7.26. The zero-order valence-electron chi connectivity index (χ0n) is 14.2. The lowest BCUT2D eigenvalue weighted by molar-refractivity contribution is -0.123. The zero-order chi connectivity index (χ0) is 16.8. The van der Waals surface area contributed by atoms with E-state index >= 15 is 0 Å². The van der Waals surface area contributed by atoms with Gasteiger partial charge in [-0.05, 0) is 37.9 Å². The van der Waals surface area contributed by atoms with Crippen LogP contribution in [0.4, 0.5) is 0 Å². The maximum atomic E-state index is 12.2. The summed E-state index contributed by atoms with van der Waals surface area (Å²) in [5.41, 5.74) is 1.06. The van der Waals surface area contributed by atoms with Gasteiger partial charge in [-0.15, -0.1) is 11.3 Å². The molecule has 24 heavy (non-hydrogen) atoms. The minimum absolute atomic E-state index is 0.0964. The summed E-state index contributed by atoms with van der Waals surface area (Å²) in [6, 6.07) is 8.52. The van der Waals surface area contributed by atoms with Crippen molar-refractivity contribution in [2.45, 2.75) is 31.7 Å². The van der Waals surface area contributed by atoms with E-state index in [1.807, 2.05) is 6.07 Å². The Kier molecular flexibility index (Phi) is 6.18. The molecule has 0 saturated carbocycles. The van der Waals surface area contributed by atoms with Crippen molar-refractivity contribution in [2.24, 2.45) is 0 Å². The van der Waals surface area contributed by atoms with Crippen LogP contribution in [-0.4, -0.2) is 49.1 Å². The zero-order valence-corrected chi connectivity index (χ0v) is 15.0. The molecule has 130 valence electrons. The number of carbonyl (C=O) groups excluding carboxylic acids is 1. The predicted molar refractivity (Wildman–Crippen MR) is 97.3 cm³/mol. The second kappa shape index (κ2) is 8.55. The van der Waals surface area contributed by atoms with Gasteiger partial charge in [0.2, 0.25) is 5.91 Å². The number of benzene rings is 1. The Morgan fingerprint density at radius 1 is 1.42 bits per heavy atom. The molecular formula is C18H25N3O2S. The summed E-state index contributed by atoms with van der Waals surface area (Å²) < 4.78 is 6.23. The largest absolute Gasteiger partial charge is 0.385 e. The Bertz CT molecular complexity index is 640. The van der Waals surface area contributed by atoms with E-state index in [1.54, 1.807) is 18.4 Å². The number of nitrogens with one attached hydrogen (secondary N) is 1. The van der Waals surface area contributed by atoms with Crippen molar-refractivity contribution in [1.29, 1.82) is 0 Å². The van der Waals surface area contributed by atoms with Crippen molar-refractivity contribution < 1.29 is 9.53 Å². The number of carbonyl (C=O) groups is 1. The average molecular weight is 347 g/mol. The maximum absolute atomic E-state index is 12.2. The van der Waals surface area contributed by atoms with Crippen LogP contribution in [0.25, 0.3) is 10.2 Å². The fourth-order valence-corrected chi connectivity index (χ4v) is 4.31. The number of para-hydroxylation sites is 1. The summed E-state index contributed by atoms with van der Waals surface area (Å²) in [6.45, 7) is 2.77. The molecule has 6 heteroatoms. The number of hydrogen-bond acceptors (Lipinski definition) is 5. The summed E-state index contributed by atoms with van der Waals surface area (Å²) >= 11 is 1.76. The van der Waals surface area contributed by atoms with E-state index in [0.717, 1.165) is 36.3 Å². The van der Waals surface area contributed by atoms with Gasteiger partial charge in [0, 0.05) is 20.3 Å². The van der Waals surface area contributed by atoms with Crippen molar-refractivity contribution in [3.05, 3.63) is 29.3 Å². The van der Waals surface area contributed by atoms with Gasteiger partial charge in [-0.2, -0.15) is 0 Å². The highest BCUT2D eigenvalue weighted by Crippen LogP contribution is 2.35. The predicted octanol–water partition coefficient (Wildman–Crippen LogP) is 2.98. The van der Waals surface area contributed by atoms with Crippen molar-refractivity contribution in [2.75, 3.05) is 33.4 Å². The molecule has 0 aliphatic carbocycles. The lowest BCUT2D eigenvalue weighted by atomic mass is 10.0. The van der Waals surface area contributed by atoms with Crippen molar-refractivity contribution >= 4 is 27.5 Å². The Morgan fingerprint density at radius 3 is 3.12 bits per heavy atom. The van der Waals surface area contributed by atoms with Gasteiger partial charge >= 0.3 is 0 Å². The lowest BCUT2D eigenvalue weighted by Gasteiger charge is -2.33. The topological polar surface area (TPSA) is 54.5 Å². The number of methoxy groups -OCH3 is 1. The van der Waals surface area contributed by atoms with Gasteiger partial charge in [0.05, 0.1) is 22.8 Å². The highest BCUT2D eigenvalue weighted by molar-refractivity contribution is 7.18. The van der Waals surface area contributed by atoms with Crippen LogP contribution in [-0.2, 0) is 9.53 Å². The number of amides is 1. The van der Waals surface area contributed by atoms with E-state index in [4.69, 9.17) is 9.72 Å². The lowest BCUT2D eigenvalue weighted by Crippen LogP contribution is -2.41. The second-order valence-electron chi connectivity index (χ2n) is 6.20. The number of aromatic nitrogens is 1. The number of nitrogens with zero attached hydrogens (tertiary/aromatic N) is 2. The molecular weight excluding hydrogens is 322 g/mol. The molecule has 0 radical (unpaired) electrons. The summed E-state index contributed by atoms with van der Waals surface area (Å²) in [5.74, 6) is 0.0964. The Morgan fingerprint density at radius 2 is 2.29 bits per heavy atom.